The zero-order chi connectivity index (χ0) is 13.1. The molecule has 3 unspecified atom stereocenters. The van der Waals surface area contributed by atoms with Crippen LogP contribution in [0.4, 0.5) is 0 Å². The van der Waals surface area contributed by atoms with Crippen molar-refractivity contribution < 1.29 is 5.11 Å². The molecule has 2 aliphatic carbocycles. The summed E-state index contributed by atoms with van der Waals surface area (Å²) in [5, 5.41) is 9.32. The molecule has 18 heavy (non-hydrogen) atoms. The van der Waals surface area contributed by atoms with Crippen LogP contribution < -0.4 is 5.73 Å². The van der Waals surface area contributed by atoms with Crippen molar-refractivity contribution in [3.63, 3.8) is 0 Å². The van der Waals surface area contributed by atoms with E-state index in [4.69, 9.17) is 5.73 Å². The zero-order valence-electron chi connectivity index (χ0n) is 12.0. The van der Waals surface area contributed by atoms with Gasteiger partial charge in [0.2, 0.25) is 0 Å². The van der Waals surface area contributed by atoms with Crippen LogP contribution in [0.2, 0.25) is 0 Å². The molecular formula is C15H30N2O. The Labute approximate surface area is 112 Å². The summed E-state index contributed by atoms with van der Waals surface area (Å²) in [4.78, 5) is 2.44. The molecule has 2 aliphatic rings. The SMILES string of the molecule is CCC1CCC(N)C(CN(C)CC2CC(O)C2)C1. The molecule has 0 saturated heterocycles. The third-order valence-electron chi connectivity index (χ3n) is 5.05. The van der Waals surface area contributed by atoms with Gasteiger partial charge < -0.3 is 15.7 Å². The smallest absolute Gasteiger partial charge is 0.0546 e. The summed E-state index contributed by atoms with van der Waals surface area (Å²) in [6.45, 7) is 4.58. The Balaban J connectivity index is 1.72. The largest absolute Gasteiger partial charge is 0.393 e. The summed E-state index contributed by atoms with van der Waals surface area (Å²) < 4.78 is 0. The average Bonchev–Trinajstić information content (AvgIpc) is 2.30. The molecule has 2 fully saturated rings. The molecule has 0 radical (unpaired) electrons. The van der Waals surface area contributed by atoms with E-state index >= 15 is 0 Å². The van der Waals surface area contributed by atoms with E-state index in [-0.39, 0.29) is 6.10 Å². The van der Waals surface area contributed by atoms with Crippen LogP contribution in [0.25, 0.3) is 0 Å². The van der Waals surface area contributed by atoms with Crippen LogP contribution in [-0.4, -0.2) is 42.3 Å². The van der Waals surface area contributed by atoms with Crippen LogP contribution in [0.3, 0.4) is 0 Å². The first-order valence-corrected chi connectivity index (χ1v) is 7.70. The number of nitrogens with two attached hydrogens (primary N) is 1. The molecule has 0 bridgehead atoms. The van der Waals surface area contributed by atoms with Crippen LogP contribution in [0.15, 0.2) is 0 Å². The Bertz CT molecular complexity index is 253. The lowest BCUT2D eigenvalue weighted by molar-refractivity contribution is 0.0241. The van der Waals surface area contributed by atoms with E-state index in [2.05, 4.69) is 18.9 Å². The molecule has 3 atom stereocenters. The van der Waals surface area contributed by atoms with E-state index in [1.165, 1.54) is 25.7 Å². The van der Waals surface area contributed by atoms with E-state index < -0.39 is 0 Å². The Morgan fingerprint density at radius 3 is 2.44 bits per heavy atom. The minimum atomic E-state index is -0.0233. The van der Waals surface area contributed by atoms with Gasteiger partial charge in [-0.05, 0) is 56.9 Å². The lowest BCUT2D eigenvalue weighted by Gasteiger charge is -2.39. The molecule has 106 valence electrons. The quantitative estimate of drug-likeness (QED) is 0.787. The van der Waals surface area contributed by atoms with E-state index in [0.29, 0.717) is 17.9 Å². The highest BCUT2D eigenvalue weighted by Crippen LogP contribution is 2.32. The average molecular weight is 254 g/mol. The van der Waals surface area contributed by atoms with Gasteiger partial charge in [0.25, 0.3) is 0 Å². The lowest BCUT2D eigenvalue weighted by Crippen LogP contribution is -2.44. The van der Waals surface area contributed by atoms with E-state index in [0.717, 1.165) is 31.8 Å². The van der Waals surface area contributed by atoms with Gasteiger partial charge in [-0.25, -0.2) is 0 Å². The monoisotopic (exact) mass is 254 g/mol. The fourth-order valence-electron chi connectivity index (χ4n) is 3.73. The maximum atomic E-state index is 9.32. The number of nitrogens with zero attached hydrogens (tertiary/aromatic N) is 1. The standard InChI is InChI=1S/C15H30N2O/c1-3-11-4-5-15(16)13(6-11)10-17(2)9-12-7-14(18)8-12/h11-15,18H,3-10,16H2,1-2H3. The van der Waals surface area contributed by atoms with Crippen LogP contribution in [0.5, 0.6) is 0 Å². The van der Waals surface area contributed by atoms with Gasteiger partial charge in [0.05, 0.1) is 6.10 Å². The van der Waals surface area contributed by atoms with E-state index in [1.807, 2.05) is 0 Å². The molecule has 3 nitrogen and oxygen atoms in total. The minimum Gasteiger partial charge on any atom is -0.393 e. The van der Waals surface area contributed by atoms with Crippen LogP contribution >= 0.6 is 0 Å². The molecule has 0 spiro atoms. The number of aliphatic hydroxyl groups excluding tert-OH is 1. The molecule has 2 saturated carbocycles. The van der Waals surface area contributed by atoms with Crippen molar-refractivity contribution in [3.05, 3.63) is 0 Å². The first-order chi connectivity index (χ1) is 8.58. The van der Waals surface area contributed by atoms with Crippen LogP contribution in [0.1, 0.15) is 45.4 Å². The molecule has 2 rings (SSSR count). The Morgan fingerprint density at radius 1 is 1.11 bits per heavy atom. The molecule has 3 heteroatoms. The second kappa shape index (κ2) is 6.36. The van der Waals surface area contributed by atoms with Crippen molar-refractivity contribution in [2.75, 3.05) is 20.1 Å². The van der Waals surface area contributed by atoms with Gasteiger partial charge in [-0.3, -0.25) is 0 Å². The van der Waals surface area contributed by atoms with Crippen molar-refractivity contribution >= 4 is 0 Å². The summed E-state index contributed by atoms with van der Waals surface area (Å²) in [5.41, 5.74) is 6.28. The highest BCUT2D eigenvalue weighted by molar-refractivity contribution is 4.85. The first kappa shape index (κ1) is 14.3. The summed E-state index contributed by atoms with van der Waals surface area (Å²) in [6, 6.07) is 0.405. The Kier molecular flexibility index (Phi) is 5.05. The predicted octanol–water partition coefficient (Wildman–Crippen LogP) is 1.84. The molecule has 0 amide bonds. The maximum Gasteiger partial charge on any atom is 0.0546 e. The number of hydrogen-bond acceptors (Lipinski definition) is 3. The zero-order valence-corrected chi connectivity index (χ0v) is 12.0. The third-order valence-corrected chi connectivity index (χ3v) is 5.05. The van der Waals surface area contributed by atoms with E-state index in [1.54, 1.807) is 0 Å². The van der Waals surface area contributed by atoms with Gasteiger partial charge in [0, 0.05) is 19.1 Å². The fourth-order valence-corrected chi connectivity index (χ4v) is 3.73. The second-order valence-electron chi connectivity index (χ2n) is 6.72. The van der Waals surface area contributed by atoms with Crippen molar-refractivity contribution in [1.82, 2.24) is 4.90 Å². The lowest BCUT2D eigenvalue weighted by atomic mass is 9.76. The molecule has 3 N–H and O–H groups in total. The second-order valence-corrected chi connectivity index (χ2v) is 6.72. The highest BCUT2D eigenvalue weighted by atomic mass is 16.3. The third kappa shape index (κ3) is 3.69. The normalized spacial score (nSPS) is 40.8. The van der Waals surface area contributed by atoms with Gasteiger partial charge in [0.15, 0.2) is 0 Å². The topological polar surface area (TPSA) is 49.5 Å². The molecular weight excluding hydrogens is 224 g/mol. The molecule has 0 heterocycles. The van der Waals surface area contributed by atoms with Crippen molar-refractivity contribution in [3.8, 4) is 0 Å². The fraction of sp³-hybridized carbons (Fsp3) is 1.00. The van der Waals surface area contributed by atoms with Crippen molar-refractivity contribution in [2.45, 2.75) is 57.6 Å². The van der Waals surface area contributed by atoms with Gasteiger partial charge in [0.1, 0.15) is 0 Å². The van der Waals surface area contributed by atoms with Gasteiger partial charge in [-0.1, -0.05) is 13.3 Å². The molecule has 0 aromatic rings. The highest BCUT2D eigenvalue weighted by Gasteiger charge is 2.31. The van der Waals surface area contributed by atoms with Crippen molar-refractivity contribution in [1.29, 1.82) is 0 Å². The minimum absolute atomic E-state index is 0.0233. The number of aliphatic hydroxyl groups is 1. The van der Waals surface area contributed by atoms with E-state index in [9.17, 15) is 5.11 Å². The number of hydrogen-bond donors (Lipinski definition) is 2. The van der Waals surface area contributed by atoms with Gasteiger partial charge >= 0.3 is 0 Å². The molecule has 0 aromatic heterocycles. The summed E-state index contributed by atoms with van der Waals surface area (Å²) in [6.07, 6.45) is 7.13. The predicted molar refractivity (Wildman–Crippen MR) is 75.3 cm³/mol. The van der Waals surface area contributed by atoms with Crippen LogP contribution in [0, 0.1) is 17.8 Å². The summed E-state index contributed by atoms with van der Waals surface area (Å²) in [7, 11) is 2.22. The summed E-state index contributed by atoms with van der Waals surface area (Å²) in [5.74, 6) is 2.29. The number of rotatable bonds is 5. The first-order valence-electron chi connectivity index (χ1n) is 7.70. The Morgan fingerprint density at radius 2 is 1.83 bits per heavy atom. The van der Waals surface area contributed by atoms with Crippen LogP contribution in [-0.2, 0) is 0 Å². The summed E-state index contributed by atoms with van der Waals surface area (Å²) >= 11 is 0. The van der Waals surface area contributed by atoms with Gasteiger partial charge in [-0.15, -0.1) is 0 Å². The maximum absolute atomic E-state index is 9.32. The Hall–Kier alpha value is -0.120. The van der Waals surface area contributed by atoms with Gasteiger partial charge in [-0.2, -0.15) is 0 Å². The molecule has 0 aliphatic heterocycles. The van der Waals surface area contributed by atoms with Crippen molar-refractivity contribution in [2.24, 2.45) is 23.5 Å². The molecule has 0 aromatic carbocycles.